The molecule has 0 saturated carbocycles. The lowest BCUT2D eigenvalue weighted by atomic mass is 10.2. The Balaban J connectivity index is 1.96. The number of aromatic nitrogens is 2. The molecule has 0 radical (unpaired) electrons. The van der Waals surface area contributed by atoms with Crippen LogP contribution in [0.25, 0.3) is 0 Å². The van der Waals surface area contributed by atoms with E-state index in [2.05, 4.69) is 20.7 Å². The van der Waals surface area contributed by atoms with Crippen LogP contribution in [0.2, 0.25) is 0 Å². The molecule has 1 heterocycles. The maximum Gasteiger partial charge on any atom is 0.434 e. The Hall–Kier alpha value is -3.36. The molecule has 23 heavy (non-hydrogen) atoms. The maximum atomic E-state index is 11.8. The molecule has 3 N–H and O–H groups in total. The number of carbonyl (C=O) groups excluding carboxylic acids is 1. The Morgan fingerprint density at radius 1 is 1.30 bits per heavy atom. The second kappa shape index (κ2) is 7.59. The molecule has 0 unspecified atom stereocenters. The molecule has 0 spiro atoms. The normalized spacial score (nSPS) is 10.9. The number of alkyl carbamates (subject to hydrolysis) is 1. The molecule has 0 saturated heterocycles. The molecule has 0 atom stereocenters. The third-order valence-corrected chi connectivity index (χ3v) is 2.71. The van der Waals surface area contributed by atoms with Crippen LogP contribution in [0.5, 0.6) is 0 Å². The summed E-state index contributed by atoms with van der Waals surface area (Å²) in [6.45, 7) is 0.0543. The van der Waals surface area contributed by atoms with Gasteiger partial charge in [-0.05, 0) is 5.56 Å². The standard InChI is InChI=1S/C14H15N5O4/c1-19-11(7-8-15-19)16-12(17-13(20)21)18-14(22)23-9-10-5-3-2-4-6-10/h2-8H,9H2,1H3,(H,20,21)(H2,16,17,18,22). The highest BCUT2D eigenvalue weighted by atomic mass is 16.5. The third kappa shape index (κ3) is 5.16. The number of rotatable bonds is 3. The summed E-state index contributed by atoms with van der Waals surface area (Å²) in [5.74, 6) is 0.174. The van der Waals surface area contributed by atoms with Crippen LogP contribution in [0.3, 0.4) is 0 Å². The highest BCUT2D eigenvalue weighted by Gasteiger charge is 2.11. The monoisotopic (exact) mass is 317 g/mol. The van der Waals surface area contributed by atoms with Crippen molar-refractivity contribution in [3.63, 3.8) is 0 Å². The first kappa shape index (κ1) is 16.0. The average molecular weight is 317 g/mol. The van der Waals surface area contributed by atoms with E-state index in [-0.39, 0.29) is 12.6 Å². The van der Waals surface area contributed by atoms with Crippen molar-refractivity contribution in [2.75, 3.05) is 5.32 Å². The number of hydrogen-bond donors (Lipinski definition) is 3. The number of aryl methyl sites for hydroxylation is 1. The van der Waals surface area contributed by atoms with Crippen molar-refractivity contribution in [2.24, 2.45) is 12.0 Å². The first-order valence-electron chi connectivity index (χ1n) is 6.59. The molecule has 2 aromatic rings. The number of carbonyl (C=O) groups is 2. The molecule has 0 aliphatic carbocycles. The zero-order valence-corrected chi connectivity index (χ0v) is 12.3. The number of guanidine groups is 1. The fourth-order valence-corrected chi connectivity index (χ4v) is 1.66. The van der Waals surface area contributed by atoms with Gasteiger partial charge in [0.05, 0.1) is 6.20 Å². The van der Waals surface area contributed by atoms with Crippen molar-refractivity contribution in [2.45, 2.75) is 6.61 Å². The van der Waals surface area contributed by atoms with Crippen LogP contribution in [0.15, 0.2) is 47.6 Å². The fourth-order valence-electron chi connectivity index (χ4n) is 1.66. The molecule has 9 nitrogen and oxygen atoms in total. The Kier molecular flexibility index (Phi) is 5.29. The van der Waals surface area contributed by atoms with Gasteiger partial charge in [-0.15, -0.1) is 4.99 Å². The molecular formula is C14H15N5O4. The average Bonchev–Trinajstić information content (AvgIpc) is 2.91. The number of nitrogens with zero attached hydrogens (tertiary/aromatic N) is 3. The van der Waals surface area contributed by atoms with E-state index in [1.165, 1.54) is 10.9 Å². The van der Waals surface area contributed by atoms with E-state index in [4.69, 9.17) is 9.84 Å². The van der Waals surface area contributed by atoms with Gasteiger partial charge in [-0.1, -0.05) is 30.3 Å². The highest BCUT2D eigenvalue weighted by molar-refractivity contribution is 6.05. The summed E-state index contributed by atoms with van der Waals surface area (Å²) in [7, 11) is 1.65. The molecular weight excluding hydrogens is 302 g/mol. The van der Waals surface area contributed by atoms with Gasteiger partial charge in [0, 0.05) is 13.1 Å². The minimum atomic E-state index is -1.46. The molecule has 0 fully saturated rings. The van der Waals surface area contributed by atoms with Crippen LogP contribution in [-0.2, 0) is 18.4 Å². The van der Waals surface area contributed by atoms with Gasteiger partial charge in [0.25, 0.3) is 0 Å². The number of aliphatic imine (C=N–C) groups is 1. The summed E-state index contributed by atoms with van der Waals surface area (Å²) in [6.07, 6.45) is -0.782. The van der Waals surface area contributed by atoms with Crippen LogP contribution >= 0.6 is 0 Å². The molecule has 0 aliphatic heterocycles. The minimum Gasteiger partial charge on any atom is -0.463 e. The van der Waals surface area contributed by atoms with Gasteiger partial charge in [0.2, 0.25) is 5.96 Å². The number of ether oxygens (including phenoxy) is 1. The first-order valence-corrected chi connectivity index (χ1v) is 6.59. The number of benzene rings is 1. The lowest BCUT2D eigenvalue weighted by Crippen LogP contribution is -2.37. The third-order valence-electron chi connectivity index (χ3n) is 2.71. The second-order valence-corrected chi connectivity index (χ2v) is 4.39. The Bertz CT molecular complexity index is 711. The quantitative estimate of drug-likeness (QED) is 0.587. The number of anilines is 1. The van der Waals surface area contributed by atoms with Crippen molar-refractivity contribution < 1.29 is 19.4 Å². The van der Waals surface area contributed by atoms with Crippen molar-refractivity contribution in [3.8, 4) is 0 Å². The van der Waals surface area contributed by atoms with Crippen molar-refractivity contribution in [1.82, 2.24) is 15.1 Å². The van der Waals surface area contributed by atoms with Gasteiger partial charge in [0.1, 0.15) is 12.4 Å². The van der Waals surface area contributed by atoms with Crippen LogP contribution in [0, 0.1) is 0 Å². The lowest BCUT2D eigenvalue weighted by Gasteiger charge is -2.11. The number of nitrogens with one attached hydrogen (secondary N) is 2. The molecule has 0 aliphatic rings. The van der Waals surface area contributed by atoms with Crippen LogP contribution < -0.4 is 10.6 Å². The minimum absolute atomic E-state index is 0.0543. The lowest BCUT2D eigenvalue weighted by molar-refractivity contribution is 0.145. The number of carboxylic acid groups (broad SMARTS) is 1. The van der Waals surface area contributed by atoms with Gasteiger partial charge in [-0.3, -0.25) is 10.00 Å². The predicted molar refractivity (Wildman–Crippen MR) is 82.1 cm³/mol. The summed E-state index contributed by atoms with van der Waals surface area (Å²) in [6, 6.07) is 10.7. The molecule has 1 aromatic carbocycles. The van der Waals surface area contributed by atoms with E-state index in [1.807, 2.05) is 18.2 Å². The molecule has 1 aromatic heterocycles. The van der Waals surface area contributed by atoms with Crippen LogP contribution in [-0.4, -0.2) is 33.0 Å². The zero-order chi connectivity index (χ0) is 16.7. The van der Waals surface area contributed by atoms with E-state index >= 15 is 0 Å². The molecule has 0 bridgehead atoms. The van der Waals surface area contributed by atoms with Crippen molar-refractivity contribution in [1.29, 1.82) is 0 Å². The first-order chi connectivity index (χ1) is 11.0. The maximum absolute atomic E-state index is 11.8. The topological polar surface area (TPSA) is 118 Å². The van der Waals surface area contributed by atoms with E-state index in [0.29, 0.717) is 5.82 Å². The van der Waals surface area contributed by atoms with Gasteiger partial charge < -0.3 is 15.2 Å². The summed E-state index contributed by atoms with van der Waals surface area (Å²) in [5.41, 5.74) is 0.805. The molecule has 9 heteroatoms. The van der Waals surface area contributed by atoms with Crippen molar-refractivity contribution >= 4 is 24.0 Å². The van der Waals surface area contributed by atoms with Gasteiger partial charge in [-0.2, -0.15) is 5.10 Å². The molecule has 120 valence electrons. The number of hydrogen-bond acceptors (Lipinski definition) is 4. The predicted octanol–water partition coefficient (Wildman–Crippen LogP) is 1.79. The summed E-state index contributed by atoms with van der Waals surface area (Å²) >= 11 is 0. The van der Waals surface area contributed by atoms with E-state index in [9.17, 15) is 9.59 Å². The zero-order valence-electron chi connectivity index (χ0n) is 12.3. The largest absolute Gasteiger partial charge is 0.463 e. The van der Waals surface area contributed by atoms with Gasteiger partial charge >= 0.3 is 12.2 Å². The van der Waals surface area contributed by atoms with Crippen molar-refractivity contribution in [3.05, 3.63) is 48.2 Å². The Labute approximate surface area is 131 Å². The summed E-state index contributed by atoms with van der Waals surface area (Å²) in [4.78, 5) is 25.8. The van der Waals surface area contributed by atoms with E-state index < -0.39 is 12.2 Å². The molecule has 2 rings (SSSR count). The van der Waals surface area contributed by atoms with Gasteiger partial charge in [0.15, 0.2) is 0 Å². The smallest absolute Gasteiger partial charge is 0.434 e. The summed E-state index contributed by atoms with van der Waals surface area (Å²) in [5, 5.41) is 17.6. The van der Waals surface area contributed by atoms with E-state index in [1.54, 1.807) is 25.2 Å². The van der Waals surface area contributed by atoms with E-state index in [0.717, 1.165) is 5.56 Å². The second-order valence-electron chi connectivity index (χ2n) is 4.39. The number of amides is 2. The summed E-state index contributed by atoms with van der Waals surface area (Å²) < 4.78 is 6.46. The Morgan fingerprint density at radius 3 is 2.65 bits per heavy atom. The Morgan fingerprint density at radius 2 is 2.04 bits per heavy atom. The molecule has 2 amide bonds. The van der Waals surface area contributed by atoms with Gasteiger partial charge in [-0.25, -0.2) is 9.59 Å². The van der Waals surface area contributed by atoms with Crippen LogP contribution in [0.4, 0.5) is 15.4 Å². The fraction of sp³-hybridized carbons (Fsp3) is 0.143. The SMILES string of the molecule is Cn1nccc1N/C(=N\C(=O)O)NC(=O)OCc1ccccc1. The van der Waals surface area contributed by atoms with Crippen LogP contribution in [0.1, 0.15) is 5.56 Å². The highest BCUT2D eigenvalue weighted by Crippen LogP contribution is 2.04.